The number of amides is 1. The van der Waals surface area contributed by atoms with Gasteiger partial charge >= 0.3 is 0 Å². The molecular weight excluding hydrogens is 300 g/mol. The monoisotopic (exact) mass is 326 g/mol. The highest BCUT2D eigenvalue weighted by Gasteiger charge is 2.32. The van der Waals surface area contributed by atoms with Crippen LogP contribution < -0.4 is 15.8 Å². The van der Waals surface area contributed by atoms with Crippen molar-refractivity contribution in [2.45, 2.75) is 45.6 Å². The number of hydrogen-bond donors (Lipinski definition) is 2. The molecule has 1 aromatic rings. The van der Waals surface area contributed by atoms with Crippen molar-refractivity contribution in [3.8, 4) is 5.75 Å². The number of para-hydroxylation sites is 2. The Morgan fingerprint density at radius 3 is 2.64 bits per heavy atom. The highest BCUT2D eigenvalue weighted by Crippen LogP contribution is 2.33. The van der Waals surface area contributed by atoms with Gasteiger partial charge in [0.25, 0.3) is 0 Å². The van der Waals surface area contributed by atoms with Crippen LogP contribution in [0.25, 0.3) is 0 Å². The summed E-state index contributed by atoms with van der Waals surface area (Å²) in [5, 5.41) is 3.02. The fourth-order valence-corrected chi connectivity index (χ4v) is 2.88. The fraction of sp³-hybridized carbons (Fsp3) is 0.588. The Morgan fingerprint density at radius 2 is 2.00 bits per heavy atom. The second-order valence-corrected chi connectivity index (χ2v) is 6.73. The average molecular weight is 327 g/mol. The van der Waals surface area contributed by atoms with Crippen LogP contribution in [0.4, 0.5) is 5.69 Å². The van der Waals surface area contributed by atoms with Gasteiger partial charge in [0.2, 0.25) is 5.91 Å². The number of carbonyl (C=O) groups is 1. The highest BCUT2D eigenvalue weighted by atomic mass is 35.5. The van der Waals surface area contributed by atoms with Crippen molar-refractivity contribution in [1.29, 1.82) is 0 Å². The third kappa shape index (κ3) is 4.89. The summed E-state index contributed by atoms with van der Waals surface area (Å²) in [4.78, 5) is 12.5. The lowest BCUT2D eigenvalue weighted by Gasteiger charge is -2.24. The second kappa shape index (κ2) is 7.84. The number of rotatable bonds is 4. The van der Waals surface area contributed by atoms with Crippen molar-refractivity contribution in [2.24, 2.45) is 17.6 Å². The molecule has 0 unspecified atom stereocenters. The topological polar surface area (TPSA) is 64.3 Å². The number of benzene rings is 1. The molecule has 0 saturated heterocycles. The zero-order valence-electron chi connectivity index (χ0n) is 13.6. The molecule has 0 spiro atoms. The Kier molecular flexibility index (Phi) is 6.69. The minimum absolute atomic E-state index is 0. The molecule has 1 fully saturated rings. The van der Waals surface area contributed by atoms with E-state index in [0.29, 0.717) is 18.2 Å². The van der Waals surface area contributed by atoms with Crippen LogP contribution in [0, 0.1) is 11.8 Å². The standard InChI is InChI=1S/C17H26N2O2.ClH/c1-17(2,3)21-15-10-5-4-9-14(15)19-16(20)13-8-6-7-12(13)11-18;/h4-5,9-10,12-13H,6-8,11,18H2,1-3H3,(H,19,20);1H/t12-,13-;/m1./s1. The number of hydrogen-bond acceptors (Lipinski definition) is 3. The van der Waals surface area contributed by atoms with Gasteiger partial charge in [0.15, 0.2) is 0 Å². The van der Waals surface area contributed by atoms with E-state index in [1.807, 2.05) is 45.0 Å². The van der Waals surface area contributed by atoms with Crippen LogP contribution in [0.3, 0.4) is 0 Å². The second-order valence-electron chi connectivity index (χ2n) is 6.73. The molecule has 22 heavy (non-hydrogen) atoms. The quantitative estimate of drug-likeness (QED) is 0.888. The molecule has 2 rings (SSSR count). The largest absolute Gasteiger partial charge is 0.486 e. The molecule has 2 atom stereocenters. The summed E-state index contributed by atoms with van der Waals surface area (Å²) in [5.41, 5.74) is 6.20. The lowest BCUT2D eigenvalue weighted by Crippen LogP contribution is -2.30. The van der Waals surface area contributed by atoms with Gasteiger partial charge in [0, 0.05) is 5.92 Å². The number of ether oxygens (including phenoxy) is 1. The Labute approximate surface area is 139 Å². The van der Waals surface area contributed by atoms with Crippen LogP contribution in [0.2, 0.25) is 0 Å². The number of nitrogens with one attached hydrogen (secondary N) is 1. The van der Waals surface area contributed by atoms with E-state index in [4.69, 9.17) is 10.5 Å². The highest BCUT2D eigenvalue weighted by molar-refractivity contribution is 5.94. The van der Waals surface area contributed by atoms with E-state index in [1.54, 1.807) is 0 Å². The number of halogens is 1. The molecule has 1 aliphatic rings. The predicted molar refractivity (Wildman–Crippen MR) is 92.6 cm³/mol. The Bertz CT molecular complexity index is 500. The summed E-state index contributed by atoms with van der Waals surface area (Å²) in [6, 6.07) is 7.58. The summed E-state index contributed by atoms with van der Waals surface area (Å²) in [6.07, 6.45) is 3.06. The maximum atomic E-state index is 12.5. The van der Waals surface area contributed by atoms with Crippen LogP contribution in [-0.4, -0.2) is 18.1 Å². The average Bonchev–Trinajstić information content (AvgIpc) is 2.87. The molecule has 3 N–H and O–H groups in total. The molecule has 0 bridgehead atoms. The van der Waals surface area contributed by atoms with Gasteiger partial charge in [0.05, 0.1) is 5.69 Å². The van der Waals surface area contributed by atoms with Gasteiger partial charge in [-0.15, -0.1) is 12.4 Å². The molecule has 124 valence electrons. The van der Waals surface area contributed by atoms with Gasteiger partial charge in [-0.2, -0.15) is 0 Å². The first kappa shape index (κ1) is 18.8. The van der Waals surface area contributed by atoms with E-state index >= 15 is 0 Å². The van der Waals surface area contributed by atoms with E-state index in [9.17, 15) is 4.79 Å². The summed E-state index contributed by atoms with van der Waals surface area (Å²) in [5.74, 6) is 1.10. The molecule has 1 amide bonds. The number of carbonyl (C=O) groups excluding carboxylic acids is 1. The maximum absolute atomic E-state index is 12.5. The Morgan fingerprint density at radius 1 is 1.32 bits per heavy atom. The zero-order valence-corrected chi connectivity index (χ0v) is 14.4. The molecule has 0 aliphatic heterocycles. The molecule has 1 aromatic carbocycles. The maximum Gasteiger partial charge on any atom is 0.227 e. The van der Waals surface area contributed by atoms with Crippen molar-refractivity contribution in [1.82, 2.24) is 0 Å². The van der Waals surface area contributed by atoms with Crippen molar-refractivity contribution in [3.63, 3.8) is 0 Å². The van der Waals surface area contributed by atoms with Gasteiger partial charge in [-0.3, -0.25) is 4.79 Å². The van der Waals surface area contributed by atoms with Crippen LogP contribution >= 0.6 is 12.4 Å². The predicted octanol–water partition coefficient (Wildman–Crippen LogP) is 3.60. The van der Waals surface area contributed by atoms with Crippen molar-refractivity contribution in [2.75, 3.05) is 11.9 Å². The summed E-state index contributed by atoms with van der Waals surface area (Å²) in [6.45, 7) is 6.56. The normalized spacial score (nSPS) is 21.1. The number of anilines is 1. The number of nitrogens with two attached hydrogens (primary N) is 1. The SMILES string of the molecule is CC(C)(C)Oc1ccccc1NC(=O)[C@@H]1CCC[C@@H]1CN.Cl. The lowest BCUT2D eigenvalue weighted by atomic mass is 9.95. The van der Waals surface area contributed by atoms with Gasteiger partial charge in [0.1, 0.15) is 11.4 Å². The van der Waals surface area contributed by atoms with Crippen LogP contribution in [0.5, 0.6) is 5.75 Å². The van der Waals surface area contributed by atoms with E-state index < -0.39 is 0 Å². The van der Waals surface area contributed by atoms with Crippen LogP contribution in [-0.2, 0) is 4.79 Å². The van der Waals surface area contributed by atoms with Crippen molar-refractivity contribution >= 4 is 24.0 Å². The lowest BCUT2D eigenvalue weighted by molar-refractivity contribution is -0.120. The zero-order chi connectivity index (χ0) is 15.5. The molecule has 0 heterocycles. The first-order valence-corrected chi connectivity index (χ1v) is 7.69. The van der Waals surface area contributed by atoms with Gasteiger partial charge in [-0.1, -0.05) is 18.6 Å². The summed E-state index contributed by atoms with van der Waals surface area (Å²) in [7, 11) is 0. The van der Waals surface area contributed by atoms with E-state index in [1.165, 1.54) is 0 Å². The van der Waals surface area contributed by atoms with Gasteiger partial charge < -0.3 is 15.8 Å². The smallest absolute Gasteiger partial charge is 0.227 e. The molecule has 1 aliphatic carbocycles. The van der Waals surface area contributed by atoms with Crippen molar-refractivity contribution < 1.29 is 9.53 Å². The molecule has 0 aromatic heterocycles. The molecule has 4 nitrogen and oxygen atoms in total. The van der Waals surface area contributed by atoms with E-state index in [-0.39, 0.29) is 29.8 Å². The van der Waals surface area contributed by atoms with Crippen molar-refractivity contribution in [3.05, 3.63) is 24.3 Å². The third-order valence-electron chi connectivity index (χ3n) is 3.86. The molecule has 5 heteroatoms. The first-order chi connectivity index (χ1) is 9.90. The minimum atomic E-state index is -0.298. The van der Waals surface area contributed by atoms with Gasteiger partial charge in [-0.05, 0) is 58.2 Å². The van der Waals surface area contributed by atoms with E-state index in [2.05, 4.69) is 5.32 Å². The van der Waals surface area contributed by atoms with Gasteiger partial charge in [-0.25, -0.2) is 0 Å². The van der Waals surface area contributed by atoms with Crippen LogP contribution in [0.1, 0.15) is 40.0 Å². The molecular formula is C17H27ClN2O2. The third-order valence-corrected chi connectivity index (χ3v) is 3.86. The molecule has 1 saturated carbocycles. The van der Waals surface area contributed by atoms with E-state index in [0.717, 1.165) is 24.9 Å². The Hall–Kier alpha value is -1.26. The minimum Gasteiger partial charge on any atom is -0.486 e. The summed E-state index contributed by atoms with van der Waals surface area (Å²) < 4.78 is 5.91. The fourth-order valence-electron chi connectivity index (χ4n) is 2.88. The first-order valence-electron chi connectivity index (χ1n) is 7.69. The molecule has 0 radical (unpaired) electrons. The summed E-state index contributed by atoms with van der Waals surface area (Å²) >= 11 is 0. The van der Waals surface area contributed by atoms with Crippen LogP contribution in [0.15, 0.2) is 24.3 Å². The Balaban J connectivity index is 0.00000242.